The number of rotatable bonds is 3. The molecular weight excluding hydrogens is 361 g/mol. The van der Waals surface area contributed by atoms with Gasteiger partial charge in [-0.1, -0.05) is 12.1 Å². The summed E-state index contributed by atoms with van der Waals surface area (Å²) in [7, 11) is 0. The minimum atomic E-state index is -0.184. The van der Waals surface area contributed by atoms with Gasteiger partial charge in [-0.15, -0.1) is 11.3 Å². The number of amides is 1. The van der Waals surface area contributed by atoms with Crippen molar-refractivity contribution in [3.05, 3.63) is 49.7 Å². The molecule has 0 unspecified atom stereocenters. The van der Waals surface area contributed by atoms with Gasteiger partial charge in [-0.3, -0.25) is 9.59 Å². The second kappa shape index (κ2) is 5.62. The zero-order valence-corrected chi connectivity index (χ0v) is 12.5. The van der Waals surface area contributed by atoms with Crippen LogP contribution in [0, 0.1) is 3.57 Å². The third kappa shape index (κ3) is 2.97. The molecule has 0 atom stereocenters. The Morgan fingerprint density at radius 3 is 2.39 bits per heavy atom. The van der Waals surface area contributed by atoms with Crippen LogP contribution in [0.25, 0.3) is 0 Å². The number of carbonyl (C=O) groups is 2. The molecule has 1 heterocycles. The topological polar surface area (TPSA) is 46.2 Å². The van der Waals surface area contributed by atoms with Gasteiger partial charge in [-0.05, 0) is 53.8 Å². The third-order valence-corrected chi connectivity index (χ3v) is 4.42. The fraction of sp³-hybridized carbons (Fsp3) is 0.0769. The fourth-order valence-electron chi connectivity index (χ4n) is 1.40. The molecule has 1 aromatic heterocycles. The average Bonchev–Trinajstić information content (AvgIpc) is 2.81. The minimum absolute atomic E-state index is 0.0201. The normalized spacial score (nSPS) is 10.1. The van der Waals surface area contributed by atoms with Crippen LogP contribution in [0.2, 0.25) is 0 Å². The van der Waals surface area contributed by atoms with Gasteiger partial charge in [-0.2, -0.15) is 0 Å². The molecule has 18 heavy (non-hydrogen) atoms. The number of ketones is 1. The van der Waals surface area contributed by atoms with Gasteiger partial charge in [0.25, 0.3) is 5.91 Å². The quantitative estimate of drug-likeness (QED) is 0.659. The van der Waals surface area contributed by atoms with Crippen molar-refractivity contribution in [3.63, 3.8) is 0 Å². The Kier molecular flexibility index (Phi) is 4.13. The lowest BCUT2D eigenvalue weighted by atomic mass is 10.3. The number of halogens is 1. The van der Waals surface area contributed by atoms with Gasteiger partial charge in [0.2, 0.25) is 0 Å². The van der Waals surface area contributed by atoms with Crippen LogP contribution in [0.5, 0.6) is 0 Å². The summed E-state index contributed by atoms with van der Waals surface area (Å²) in [6.45, 7) is 1.49. The lowest BCUT2D eigenvalue weighted by Crippen LogP contribution is -2.10. The van der Waals surface area contributed by atoms with Gasteiger partial charge in [0.15, 0.2) is 5.78 Å². The van der Waals surface area contributed by atoms with E-state index in [1.807, 2.05) is 24.3 Å². The molecule has 1 aromatic carbocycles. The van der Waals surface area contributed by atoms with Crippen molar-refractivity contribution in [1.29, 1.82) is 0 Å². The number of anilines is 1. The first-order valence-corrected chi connectivity index (χ1v) is 7.14. The van der Waals surface area contributed by atoms with Gasteiger partial charge in [0.1, 0.15) is 0 Å². The molecule has 5 heteroatoms. The molecule has 0 fully saturated rings. The van der Waals surface area contributed by atoms with Crippen LogP contribution in [0.15, 0.2) is 36.4 Å². The lowest BCUT2D eigenvalue weighted by molar-refractivity contribution is 0.101. The van der Waals surface area contributed by atoms with E-state index in [1.54, 1.807) is 12.1 Å². The Bertz CT molecular complexity index is 607. The van der Waals surface area contributed by atoms with Crippen molar-refractivity contribution >= 4 is 51.3 Å². The van der Waals surface area contributed by atoms with Gasteiger partial charge in [-0.25, -0.2) is 0 Å². The number of nitrogens with one attached hydrogen (secondary N) is 1. The number of carbonyl (C=O) groups excluding carboxylic acids is 2. The van der Waals surface area contributed by atoms with Crippen molar-refractivity contribution < 1.29 is 9.59 Å². The lowest BCUT2D eigenvalue weighted by Gasteiger charge is -2.05. The standard InChI is InChI=1S/C13H10INO2S/c1-8(16)11-6-7-12(18-11)13(17)15-10-5-3-2-4-9(10)14/h2-7H,1H3,(H,15,17). The summed E-state index contributed by atoms with van der Waals surface area (Å²) in [6, 6.07) is 10.9. The molecule has 1 amide bonds. The first kappa shape index (κ1) is 13.2. The highest BCUT2D eigenvalue weighted by Crippen LogP contribution is 2.21. The Morgan fingerprint density at radius 2 is 1.78 bits per heavy atom. The molecule has 2 aromatic rings. The predicted octanol–water partition coefficient (Wildman–Crippen LogP) is 3.81. The second-order valence-corrected chi connectivity index (χ2v) is 5.90. The number of para-hydroxylation sites is 1. The van der Waals surface area contributed by atoms with E-state index in [4.69, 9.17) is 0 Å². The Hall–Kier alpha value is -1.21. The Labute approximate surface area is 122 Å². The van der Waals surface area contributed by atoms with Gasteiger partial charge in [0, 0.05) is 3.57 Å². The van der Waals surface area contributed by atoms with E-state index < -0.39 is 0 Å². The first-order chi connectivity index (χ1) is 8.58. The van der Waals surface area contributed by atoms with Crippen LogP contribution in [0.4, 0.5) is 5.69 Å². The van der Waals surface area contributed by atoms with E-state index in [2.05, 4.69) is 27.9 Å². The van der Waals surface area contributed by atoms with Crippen LogP contribution in [-0.4, -0.2) is 11.7 Å². The third-order valence-electron chi connectivity index (χ3n) is 2.30. The van der Waals surface area contributed by atoms with Gasteiger partial charge < -0.3 is 5.32 Å². The zero-order valence-electron chi connectivity index (χ0n) is 9.57. The van der Waals surface area contributed by atoms with Crippen molar-refractivity contribution in [1.82, 2.24) is 0 Å². The number of Topliss-reactive ketones (excluding diaryl/α,β-unsaturated/α-hetero) is 1. The molecule has 0 spiro atoms. The highest BCUT2D eigenvalue weighted by molar-refractivity contribution is 14.1. The van der Waals surface area contributed by atoms with E-state index in [0.29, 0.717) is 9.75 Å². The van der Waals surface area contributed by atoms with Crippen molar-refractivity contribution in [3.8, 4) is 0 Å². The van der Waals surface area contributed by atoms with Crippen LogP contribution >= 0.6 is 33.9 Å². The minimum Gasteiger partial charge on any atom is -0.320 e. The molecule has 3 nitrogen and oxygen atoms in total. The van der Waals surface area contributed by atoms with Crippen molar-refractivity contribution in [2.75, 3.05) is 5.32 Å². The van der Waals surface area contributed by atoms with Crippen molar-refractivity contribution in [2.24, 2.45) is 0 Å². The molecule has 0 bridgehead atoms. The summed E-state index contributed by atoms with van der Waals surface area (Å²) < 4.78 is 0.979. The monoisotopic (exact) mass is 371 g/mol. The summed E-state index contributed by atoms with van der Waals surface area (Å²) in [5.74, 6) is -0.204. The Balaban J connectivity index is 2.17. The average molecular weight is 371 g/mol. The van der Waals surface area contributed by atoms with Crippen LogP contribution < -0.4 is 5.32 Å². The number of thiophene rings is 1. The molecular formula is C13H10INO2S. The maximum atomic E-state index is 12.0. The predicted molar refractivity (Wildman–Crippen MR) is 81.4 cm³/mol. The summed E-state index contributed by atoms with van der Waals surface area (Å²) in [5, 5.41) is 2.83. The molecule has 92 valence electrons. The smallest absolute Gasteiger partial charge is 0.265 e. The molecule has 1 N–H and O–H groups in total. The largest absolute Gasteiger partial charge is 0.320 e. The molecule has 0 saturated carbocycles. The molecule has 0 saturated heterocycles. The molecule has 0 aliphatic carbocycles. The second-order valence-electron chi connectivity index (χ2n) is 3.65. The first-order valence-electron chi connectivity index (χ1n) is 5.24. The van der Waals surface area contributed by atoms with E-state index in [-0.39, 0.29) is 11.7 Å². The highest BCUT2D eigenvalue weighted by Gasteiger charge is 2.12. The SMILES string of the molecule is CC(=O)c1ccc(C(=O)Nc2ccccc2I)s1. The summed E-state index contributed by atoms with van der Waals surface area (Å²) in [6.07, 6.45) is 0. The highest BCUT2D eigenvalue weighted by atomic mass is 127. The maximum absolute atomic E-state index is 12.0. The fourth-order valence-corrected chi connectivity index (χ4v) is 2.71. The van der Waals surface area contributed by atoms with E-state index in [9.17, 15) is 9.59 Å². The molecule has 0 aliphatic heterocycles. The molecule has 0 aliphatic rings. The van der Waals surface area contributed by atoms with E-state index in [0.717, 1.165) is 9.26 Å². The number of hydrogen-bond acceptors (Lipinski definition) is 3. The van der Waals surface area contributed by atoms with Crippen LogP contribution in [-0.2, 0) is 0 Å². The molecule has 2 rings (SSSR count). The van der Waals surface area contributed by atoms with Crippen molar-refractivity contribution in [2.45, 2.75) is 6.92 Å². The van der Waals surface area contributed by atoms with E-state index in [1.165, 1.54) is 18.3 Å². The van der Waals surface area contributed by atoms with E-state index >= 15 is 0 Å². The summed E-state index contributed by atoms with van der Waals surface area (Å²) in [5.41, 5.74) is 0.779. The summed E-state index contributed by atoms with van der Waals surface area (Å²) in [4.78, 5) is 24.3. The molecule has 0 radical (unpaired) electrons. The maximum Gasteiger partial charge on any atom is 0.265 e. The zero-order chi connectivity index (χ0) is 13.1. The summed E-state index contributed by atoms with van der Waals surface area (Å²) >= 11 is 3.37. The Morgan fingerprint density at radius 1 is 1.11 bits per heavy atom. The van der Waals surface area contributed by atoms with Gasteiger partial charge >= 0.3 is 0 Å². The van der Waals surface area contributed by atoms with Gasteiger partial charge in [0.05, 0.1) is 15.4 Å². The van der Waals surface area contributed by atoms with Crippen LogP contribution in [0.3, 0.4) is 0 Å². The number of hydrogen-bond donors (Lipinski definition) is 1. The van der Waals surface area contributed by atoms with Crippen LogP contribution in [0.1, 0.15) is 26.3 Å². The number of benzene rings is 1.